The molecule has 1 aliphatic heterocycles. The molecule has 0 bridgehead atoms. The number of aromatic nitrogens is 3. The molecule has 0 radical (unpaired) electrons. The number of rotatable bonds is 4. The SMILES string of the molecule is O=C(CN1CCC(O)(c2cn[nH]n2)C1)NC1CCCCCC1. The van der Waals surface area contributed by atoms with Gasteiger partial charge in [-0.2, -0.15) is 15.4 Å². The van der Waals surface area contributed by atoms with Crippen LogP contribution >= 0.6 is 0 Å². The average Bonchev–Trinajstić information content (AvgIpc) is 3.07. The maximum Gasteiger partial charge on any atom is 0.234 e. The summed E-state index contributed by atoms with van der Waals surface area (Å²) in [7, 11) is 0. The van der Waals surface area contributed by atoms with Gasteiger partial charge in [0.1, 0.15) is 11.3 Å². The van der Waals surface area contributed by atoms with Gasteiger partial charge in [0.05, 0.1) is 12.7 Å². The molecule has 22 heavy (non-hydrogen) atoms. The molecule has 2 fully saturated rings. The third kappa shape index (κ3) is 3.64. The topological polar surface area (TPSA) is 94.1 Å². The Morgan fingerprint density at radius 3 is 2.86 bits per heavy atom. The van der Waals surface area contributed by atoms with E-state index in [9.17, 15) is 9.90 Å². The van der Waals surface area contributed by atoms with Gasteiger partial charge in [0, 0.05) is 19.1 Å². The smallest absolute Gasteiger partial charge is 0.234 e. The van der Waals surface area contributed by atoms with Crippen molar-refractivity contribution in [2.75, 3.05) is 19.6 Å². The molecule has 3 rings (SSSR count). The van der Waals surface area contributed by atoms with Crippen molar-refractivity contribution in [1.29, 1.82) is 0 Å². The summed E-state index contributed by atoms with van der Waals surface area (Å²) >= 11 is 0. The number of hydrogen-bond donors (Lipinski definition) is 3. The third-order valence-electron chi connectivity index (χ3n) is 4.81. The molecule has 1 atom stereocenters. The van der Waals surface area contributed by atoms with Gasteiger partial charge in [-0.15, -0.1) is 0 Å². The predicted octanol–water partition coefficient (Wildman–Crippen LogP) is 0.537. The molecule has 122 valence electrons. The van der Waals surface area contributed by atoms with Gasteiger partial charge in [-0.3, -0.25) is 9.69 Å². The molecule has 0 aromatic carbocycles. The second-order valence-electron chi connectivity index (χ2n) is 6.60. The highest BCUT2D eigenvalue weighted by Crippen LogP contribution is 2.29. The van der Waals surface area contributed by atoms with Crippen LogP contribution < -0.4 is 5.32 Å². The highest BCUT2D eigenvalue weighted by molar-refractivity contribution is 5.78. The van der Waals surface area contributed by atoms with Gasteiger partial charge in [-0.1, -0.05) is 25.7 Å². The zero-order chi connectivity index (χ0) is 15.4. The number of aromatic amines is 1. The largest absolute Gasteiger partial charge is 0.382 e. The summed E-state index contributed by atoms with van der Waals surface area (Å²) < 4.78 is 0. The van der Waals surface area contributed by atoms with Crippen LogP contribution in [0.5, 0.6) is 0 Å². The van der Waals surface area contributed by atoms with Gasteiger partial charge in [0.2, 0.25) is 5.91 Å². The number of likely N-dealkylation sites (tertiary alicyclic amines) is 1. The summed E-state index contributed by atoms with van der Waals surface area (Å²) in [4.78, 5) is 14.2. The lowest BCUT2D eigenvalue weighted by Gasteiger charge is -2.22. The minimum Gasteiger partial charge on any atom is -0.382 e. The molecule has 1 aromatic heterocycles. The minimum absolute atomic E-state index is 0.0660. The van der Waals surface area contributed by atoms with Crippen molar-refractivity contribution in [3.63, 3.8) is 0 Å². The van der Waals surface area contributed by atoms with Gasteiger partial charge in [-0.05, 0) is 19.3 Å². The molecule has 1 aromatic rings. The van der Waals surface area contributed by atoms with Crippen LogP contribution in [-0.4, -0.2) is 57.0 Å². The quantitative estimate of drug-likeness (QED) is 0.706. The molecule has 1 saturated heterocycles. The van der Waals surface area contributed by atoms with E-state index in [0.717, 1.165) is 12.8 Å². The number of hydrogen-bond acceptors (Lipinski definition) is 5. The van der Waals surface area contributed by atoms with Crippen LogP contribution in [0.15, 0.2) is 6.20 Å². The number of carbonyl (C=O) groups excluding carboxylic acids is 1. The first-order chi connectivity index (χ1) is 10.7. The lowest BCUT2D eigenvalue weighted by molar-refractivity contribution is -0.123. The van der Waals surface area contributed by atoms with Crippen molar-refractivity contribution in [3.8, 4) is 0 Å². The second-order valence-corrected chi connectivity index (χ2v) is 6.60. The van der Waals surface area contributed by atoms with E-state index in [1.54, 1.807) is 6.20 Å². The Morgan fingerprint density at radius 1 is 1.41 bits per heavy atom. The molecule has 0 spiro atoms. The van der Waals surface area contributed by atoms with Crippen LogP contribution in [0.2, 0.25) is 0 Å². The van der Waals surface area contributed by atoms with Crippen LogP contribution in [0.25, 0.3) is 0 Å². The van der Waals surface area contributed by atoms with Crippen molar-refractivity contribution < 1.29 is 9.90 Å². The molecule has 1 amide bonds. The highest BCUT2D eigenvalue weighted by atomic mass is 16.3. The van der Waals surface area contributed by atoms with E-state index in [0.29, 0.717) is 37.8 Å². The lowest BCUT2D eigenvalue weighted by Crippen LogP contribution is -2.42. The summed E-state index contributed by atoms with van der Waals surface area (Å²) in [6, 6.07) is 0.326. The van der Waals surface area contributed by atoms with E-state index < -0.39 is 5.60 Å². The maximum atomic E-state index is 12.2. The number of carbonyl (C=O) groups is 1. The van der Waals surface area contributed by atoms with Gasteiger partial charge >= 0.3 is 0 Å². The molecule has 1 aliphatic carbocycles. The maximum absolute atomic E-state index is 12.2. The predicted molar refractivity (Wildman–Crippen MR) is 81.0 cm³/mol. The zero-order valence-electron chi connectivity index (χ0n) is 12.9. The summed E-state index contributed by atoms with van der Waals surface area (Å²) in [6.07, 6.45) is 9.29. The van der Waals surface area contributed by atoms with E-state index in [-0.39, 0.29) is 5.91 Å². The van der Waals surface area contributed by atoms with Crippen molar-refractivity contribution in [1.82, 2.24) is 25.6 Å². The average molecular weight is 307 g/mol. The molecule has 2 heterocycles. The normalized spacial score (nSPS) is 27.7. The molecule has 1 saturated carbocycles. The van der Waals surface area contributed by atoms with Gasteiger partial charge in [-0.25, -0.2) is 0 Å². The number of nitrogens with zero attached hydrogens (tertiary/aromatic N) is 3. The Labute approximate surface area is 130 Å². The van der Waals surface area contributed by atoms with Crippen LogP contribution in [-0.2, 0) is 10.4 Å². The second kappa shape index (κ2) is 6.75. The Bertz CT molecular complexity index is 484. The molecule has 2 aliphatic rings. The summed E-state index contributed by atoms with van der Waals surface area (Å²) in [5.74, 6) is 0.0660. The van der Waals surface area contributed by atoms with Crippen molar-refractivity contribution in [3.05, 3.63) is 11.9 Å². The van der Waals surface area contributed by atoms with Crippen molar-refractivity contribution in [2.45, 2.75) is 56.6 Å². The fourth-order valence-electron chi connectivity index (χ4n) is 3.54. The first kappa shape index (κ1) is 15.4. The number of β-amino-alcohol motifs (C(OH)–C–C–N with tert-alkyl or cyclic N) is 1. The minimum atomic E-state index is -0.990. The van der Waals surface area contributed by atoms with E-state index in [1.165, 1.54) is 25.7 Å². The highest BCUT2D eigenvalue weighted by Gasteiger charge is 2.40. The van der Waals surface area contributed by atoms with Crippen LogP contribution in [0, 0.1) is 0 Å². The van der Waals surface area contributed by atoms with Gasteiger partial charge in [0.15, 0.2) is 0 Å². The van der Waals surface area contributed by atoms with Crippen LogP contribution in [0.1, 0.15) is 50.6 Å². The van der Waals surface area contributed by atoms with E-state index in [4.69, 9.17) is 0 Å². The first-order valence-corrected chi connectivity index (χ1v) is 8.26. The molecule has 1 unspecified atom stereocenters. The number of H-pyrrole nitrogens is 1. The van der Waals surface area contributed by atoms with Crippen LogP contribution in [0.4, 0.5) is 0 Å². The Hall–Kier alpha value is -1.47. The molecular weight excluding hydrogens is 282 g/mol. The molecule has 7 heteroatoms. The lowest BCUT2D eigenvalue weighted by atomic mass is 10.0. The van der Waals surface area contributed by atoms with Crippen LogP contribution in [0.3, 0.4) is 0 Å². The van der Waals surface area contributed by atoms with E-state index >= 15 is 0 Å². The zero-order valence-corrected chi connectivity index (χ0v) is 12.9. The molecule has 3 N–H and O–H groups in total. The van der Waals surface area contributed by atoms with Crippen molar-refractivity contribution >= 4 is 5.91 Å². The fraction of sp³-hybridized carbons (Fsp3) is 0.800. The summed E-state index contributed by atoms with van der Waals surface area (Å²) in [5.41, 5.74) is -0.436. The Kier molecular flexibility index (Phi) is 4.73. The molecule has 7 nitrogen and oxygen atoms in total. The standard InChI is InChI=1S/C15H25N5O2/c21-14(17-12-5-3-1-2-4-6-12)10-20-8-7-15(22,11-20)13-9-16-19-18-13/h9,12,22H,1-8,10-11H2,(H,17,21)(H,16,18,19). The van der Waals surface area contributed by atoms with Crippen molar-refractivity contribution in [2.24, 2.45) is 0 Å². The summed E-state index contributed by atoms with van der Waals surface area (Å²) in [5, 5.41) is 24.0. The third-order valence-corrected chi connectivity index (χ3v) is 4.81. The fourth-order valence-corrected chi connectivity index (χ4v) is 3.54. The van der Waals surface area contributed by atoms with Gasteiger partial charge < -0.3 is 10.4 Å². The number of amides is 1. The first-order valence-electron chi connectivity index (χ1n) is 8.26. The van der Waals surface area contributed by atoms with E-state index in [1.807, 2.05) is 4.90 Å². The number of nitrogens with one attached hydrogen (secondary N) is 2. The Morgan fingerprint density at radius 2 is 2.18 bits per heavy atom. The van der Waals surface area contributed by atoms with E-state index in [2.05, 4.69) is 20.7 Å². The van der Waals surface area contributed by atoms with Gasteiger partial charge in [0.25, 0.3) is 0 Å². The number of aliphatic hydroxyl groups is 1. The Balaban J connectivity index is 1.48. The molecular formula is C15H25N5O2. The monoisotopic (exact) mass is 307 g/mol. The summed E-state index contributed by atoms with van der Waals surface area (Å²) in [6.45, 7) is 1.47.